The Labute approximate surface area is 209 Å². The van der Waals surface area contributed by atoms with Crippen molar-refractivity contribution in [2.75, 3.05) is 5.32 Å². The average Bonchev–Trinajstić information content (AvgIpc) is 3.31. The van der Waals surface area contributed by atoms with E-state index in [1.54, 1.807) is 41.8 Å². The van der Waals surface area contributed by atoms with E-state index in [4.69, 9.17) is 11.6 Å². The average molecular weight is 511 g/mol. The van der Waals surface area contributed by atoms with Crippen molar-refractivity contribution in [2.45, 2.75) is 33.5 Å². The van der Waals surface area contributed by atoms with Gasteiger partial charge in [0.2, 0.25) is 11.8 Å². The van der Waals surface area contributed by atoms with Gasteiger partial charge in [-0.3, -0.25) is 19.0 Å². The van der Waals surface area contributed by atoms with E-state index >= 15 is 0 Å². The van der Waals surface area contributed by atoms with Gasteiger partial charge < -0.3 is 10.6 Å². The minimum atomic E-state index is -0.732. The molecular formula is C25H23ClN4O4S. The first-order valence-electron chi connectivity index (χ1n) is 10.8. The number of aryl methyl sites for hydroxylation is 2. The fourth-order valence-electron chi connectivity index (χ4n) is 3.62. The van der Waals surface area contributed by atoms with Gasteiger partial charge in [-0.2, -0.15) is 0 Å². The van der Waals surface area contributed by atoms with Crippen LogP contribution < -0.4 is 21.9 Å². The summed E-state index contributed by atoms with van der Waals surface area (Å²) in [7, 11) is 0. The van der Waals surface area contributed by atoms with E-state index in [-0.39, 0.29) is 13.1 Å². The second-order valence-corrected chi connectivity index (χ2v) is 9.43. The van der Waals surface area contributed by atoms with Gasteiger partial charge in [-0.15, -0.1) is 11.3 Å². The summed E-state index contributed by atoms with van der Waals surface area (Å²) < 4.78 is 2.36. The van der Waals surface area contributed by atoms with Crippen molar-refractivity contribution in [3.8, 4) is 0 Å². The number of nitrogens with zero attached hydrogens (tertiary/aromatic N) is 2. The fraction of sp³-hybridized carbons (Fsp3) is 0.200. The second-order valence-electron chi connectivity index (χ2n) is 8.11. The normalized spacial score (nSPS) is 10.9. The highest BCUT2D eigenvalue weighted by molar-refractivity contribution is 7.17. The van der Waals surface area contributed by atoms with Crippen LogP contribution in [0.1, 0.15) is 16.7 Å². The molecule has 2 N–H and O–H groups in total. The molecule has 0 saturated heterocycles. The first-order chi connectivity index (χ1) is 16.7. The highest BCUT2D eigenvalue weighted by Crippen LogP contribution is 2.17. The molecule has 8 nitrogen and oxygen atoms in total. The maximum Gasteiger partial charge on any atom is 0.332 e. The van der Waals surface area contributed by atoms with Crippen LogP contribution in [0.2, 0.25) is 5.02 Å². The summed E-state index contributed by atoms with van der Waals surface area (Å²) in [6.07, 6.45) is 0. The Balaban J connectivity index is 1.57. The van der Waals surface area contributed by atoms with Crippen molar-refractivity contribution in [3.63, 3.8) is 0 Å². The van der Waals surface area contributed by atoms with E-state index in [9.17, 15) is 19.2 Å². The van der Waals surface area contributed by atoms with Gasteiger partial charge in [0.1, 0.15) is 17.8 Å². The van der Waals surface area contributed by atoms with Gasteiger partial charge in [0.25, 0.3) is 5.56 Å². The molecular weight excluding hydrogens is 488 g/mol. The van der Waals surface area contributed by atoms with Crippen LogP contribution in [0.15, 0.2) is 63.5 Å². The van der Waals surface area contributed by atoms with Crippen LogP contribution in [0.25, 0.3) is 10.2 Å². The van der Waals surface area contributed by atoms with Crippen LogP contribution in [0.4, 0.5) is 5.69 Å². The van der Waals surface area contributed by atoms with E-state index in [2.05, 4.69) is 10.6 Å². The van der Waals surface area contributed by atoms with Gasteiger partial charge >= 0.3 is 5.69 Å². The molecule has 2 heterocycles. The number of aromatic nitrogens is 2. The summed E-state index contributed by atoms with van der Waals surface area (Å²) in [5.41, 5.74) is 2.50. The zero-order valence-electron chi connectivity index (χ0n) is 19.1. The molecule has 4 aromatic rings. The van der Waals surface area contributed by atoms with Crippen LogP contribution in [0.3, 0.4) is 0 Å². The van der Waals surface area contributed by atoms with Crippen LogP contribution in [0, 0.1) is 13.8 Å². The summed E-state index contributed by atoms with van der Waals surface area (Å²) in [4.78, 5) is 51.5. The van der Waals surface area contributed by atoms with Crippen molar-refractivity contribution in [3.05, 3.63) is 96.5 Å². The first kappa shape index (κ1) is 24.4. The number of rotatable bonds is 7. The molecule has 4 rings (SSSR count). The van der Waals surface area contributed by atoms with Crippen LogP contribution in [-0.4, -0.2) is 20.9 Å². The van der Waals surface area contributed by atoms with Crippen LogP contribution >= 0.6 is 22.9 Å². The summed E-state index contributed by atoms with van der Waals surface area (Å²) in [5, 5.41) is 7.64. The van der Waals surface area contributed by atoms with Gasteiger partial charge in [0.05, 0.1) is 5.52 Å². The number of thiophene rings is 1. The molecule has 0 saturated carbocycles. The third kappa shape index (κ3) is 5.36. The summed E-state index contributed by atoms with van der Waals surface area (Å²) in [6, 6.07) is 14.2. The predicted octanol–water partition coefficient (Wildman–Crippen LogP) is 3.45. The summed E-state index contributed by atoms with van der Waals surface area (Å²) >= 11 is 7.27. The molecule has 0 fully saturated rings. The lowest BCUT2D eigenvalue weighted by molar-refractivity contribution is -0.122. The van der Waals surface area contributed by atoms with E-state index in [0.29, 0.717) is 26.5 Å². The molecule has 10 heteroatoms. The molecule has 2 aromatic heterocycles. The minimum absolute atomic E-state index is 0.154. The molecule has 0 aliphatic rings. The van der Waals surface area contributed by atoms with E-state index in [1.165, 1.54) is 4.57 Å². The van der Waals surface area contributed by atoms with Crippen LogP contribution in [0.5, 0.6) is 0 Å². The lowest BCUT2D eigenvalue weighted by Gasteiger charge is -2.13. The van der Waals surface area contributed by atoms with Crippen molar-refractivity contribution in [1.29, 1.82) is 0 Å². The monoisotopic (exact) mass is 510 g/mol. The number of carbonyl (C=O) groups excluding carboxylic acids is 2. The lowest BCUT2D eigenvalue weighted by Crippen LogP contribution is -2.44. The molecule has 0 spiro atoms. The lowest BCUT2D eigenvalue weighted by atomic mass is 10.1. The van der Waals surface area contributed by atoms with E-state index < -0.39 is 29.6 Å². The molecule has 0 unspecified atom stereocenters. The van der Waals surface area contributed by atoms with Gasteiger partial charge in [-0.05, 0) is 60.2 Å². The number of benzene rings is 2. The highest BCUT2D eigenvalue weighted by Gasteiger charge is 2.18. The van der Waals surface area contributed by atoms with E-state index in [1.807, 2.05) is 26.0 Å². The largest absolute Gasteiger partial charge is 0.350 e. The Bertz CT molecular complexity index is 1550. The zero-order valence-corrected chi connectivity index (χ0v) is 20.7. The maximum absolute atomic E-state index is 13.2. The number of hydrogen-bond donors (Lipinski definition) is 2. The van der Waals surface area contributed by atoms with Gasteiger partial charge in [-0.25, -0.2) is 9.36 Å². The number of nitrogens with one attached hydrogen (secondary N) is 2. The number of halogens is 1. The van der Waals surface area contributed by atoms with Crippen molar-refractivity contribution in [2.24, 2.45) is 0 Å². The maximum atomic E-state index is 13.2. The summed E-state index contributed by atoms with van der Waals surface area (Å²) in [5.74, 6) is -0.942. The predicted molar refractivity (Wildman–Crippen MR) is 138 cm³/mol. The van der Waals surface area contributed by atoms with Gasteiger partial charge in [0, 0.05) is 17.3 Å². The Kier molecular flexibility index (Phi) is 7.18. The van der Waals surface area contributed by atoms with Crippen molar-refractivity contribution in [1.82, 2.24) is 14.5 Å². The Hall–Kier alpha value is -3.69. The first-order valence-corrected chi connectivity index (χ1v) is 12.1. The number of fused-ring (bicyclic) bond motifs is 1. The third-order valence-corrected chi connectivity index (χ3v) is 6.92. The standard InChI is InChI=1S/C25H23ClN4O4S/c1-15-7-8-18(11-16(15)2)28-22(32)14-29-20-9-10-35-23(20)24(33)30(25(29)34)13-21(31)27-12-17-5-3-4-6-19(17)26/h3-11H,12-14H2,1-2H3,(H,27,31)(H,28,32). The van der Waals surface area contributed by atoms with Gasteiger partial charge in [0.15, 0.2) is 0 Å². The fourth-order valence-corrected chi connectivity index (χ4v) is 4.67. The number of hydrogen-bond acceptors (Lipinski definition) is 5. The van der Waals surface area contributed by atoms with E-state index in [0.717, 1.165) is 27.0 Å². The molecule has 0 atom stereocenters. The molecule has 2 amide bonds. The Morgan fingerprint density at radius 1 is 0.943 bits per heavy atom. The topological polar surface area (TPSA) is 102 Å². The molecule has 2 aromatic carbocycles. The van der Waals surface area contributed by atoms with Gasteiger partial charge in [-0.1, -0.05) is 35.9 Å². The highest BCUT2D eigenvalue weighted by atomic mass is 35.5. The Morgan fingerprint density at radius 3 is 2.43 bits per heavy atom. The Morgan fingerprint density at radius 2 is 1.69 bits per heavy atom. The molecule has 0 bridgehead atoms. The van der Waals surface area contributed by atoms with Crippen LogP contribution in [-0.2, 0) is 29.2 Å². The number of amides is 2. The second kappa shape index (κ2) is 10.3. The number of anilines is 1. The summed E-state index contributed by atoms with van der Waals surface area (Å²) in [6.45, 7) is 3.29. The number of carbonyl (C=O) groups is 2. The quantitative estimate of drug-likeness (QED) is 0.397. The molecule has 180 valence electrons. The zero-order chi connectivity index (χ0) is 25.1. The third-order valence-electron chi connectivity index (χ3n) is 5.66. The molecule has 35 heavy (non-hydrogen) atoms. The smallest absolute Gasteiger partial charge is 0.332 e. The molecule has 0 radical (unpaired) electrons. The minimum Gasteiger partial charge on any atom is -0.350 e. The SMILES string of the molecule is Cc1ccc(NC(=O)Cn2c(=O)n(CC(=O)NCc3ccccc3Cl)c(=O)c3sccc32)cc1C. The van der Waals surface area contributed by atoms with Crippen molar-refractivity contribution < 1.29 is 9.59 Å². The molecule has 0 aliphatic heterocycles. The molecule has 0 aliphatic carbocycles. The van der Waals surface area contributed by atoms with Crippen molar-refractivity contribution >= 4 is 50.7 Å².